The van der Waals surface area contributed by atoms with E-state index in [1.165, 1.54) is 42.2 Å². The van der Waals surface area contributed by atoms with Gasteiger partial charge in [0.1, 0.15) is 0 Å². The number of ether oxygens (including phenoxy) is 1. The van der Waals surface area contributed by atoms with Crippen LogP contribution in [0.4, 0.5) is 8.78 Å². The molecule has 2 fully saturated rings. The number of likely N-dealkylation sites (tertiary alicyclic amines) is 1. The standard InChI is InChI=1S/C20H31F2N5O3/c1-30-10-9-23-19(29)17-13-26(25-24-17)12-16-11-20(21,22)14-27(16)18(28)8-7-15-5-3-2-4-6-15/h13,15-16H,2-12,14H2,1H3,(H,23,29)/t16-/m0/s1. The van der Waals surface area contributed by atoms with E-state index in [0.29, 0.717) is 25.5 Å². The molecule has 1 saturated carbocycles. The lowest BCUT2D eigenvalue weighted by molar-refractivity contribution is -0.133. The molecule has 1 aliphatic carbocycles. The van der Waals surface area contributed by atoms with E-state index in [-0.39, 0.29) is 18.1 Å². The molecule has 0 spiro atoms. The van der Waals surface area contributed by atoms with E-state index in [1.54, 1.807) is 0 Å². The number of amides is 2. The van der Waals surface area contributed by atoms with E-state index in [9.17, 15) is 18.4 Å². The van der Waals surface area contributed by atoms with Gasteiger partial charge in [0.15, 0.2) is 5.69 Å². The van der Waals surface area contributed by atoms with E-state index >= 15 is 0 Å². The average molecular weight is 427 g/mol. The number of methoxy groups -OCH3 is 1. The molecule has 10 heteroatoms. The van der Waals surface area contributed by atoms with Crippen LogP contribution in [-0.2, 0) is 16.1 Å². The molecule has 2 aliphatic rings. The van der Waals surface area contributed by atoms with Crippen LogP contribution in [0, 0.1) is 5.92 Å². The van der Waals surface area contributed by atoms with Gasteiger partial charge in [-0.3, -0.25) is 9.59 Å². The fourth-order valence-corrected chi connectivity index (χ4v) is 4.36. The first-order valence-electron chi connectivity index (χ1n) is 10.7. The van der Waals surface area contributed by atoms with Crippen LogP contribution >= 0.6 is 0 Å². The van der Waals surface area contributed by atoms with Gasteiger partial charge in [-0.15, -0.1) is 5.10 Å². The van der Waals surface area contributed by atoms with Crippen LogP contribution in [0.25, 0.3) is 0 Å². The van der Waals surface area contributed by atoms with Crippen molar-refractivity contribution in [3.05, 3.63) is 11.9 Å². The van der Waals surface area contributed by atoms with E-state index in [4.69, 9.17) is 4.74 Å². The molecule has 0 radical (unpaired) electrons. The second-order valence-corrected chi connectivity index (χ2v) is 8.35. The second-order valence-electron chi connectivity index (χ2n) is 8.35. The zero-order valence-electron chi connectivity index (χ0n) is 17.5. The van der Waals surface area contributed by atoms with Crippen molar-refractivity contribution in [2.24, 2.45) is 5.92 Å². The quantitative estimate of drug-likeness (QED) is 0.611. The Morgan fingerprint density at radius 3 is 2.80 bits per heavy atom. The van der Waals surface area contributed by atoms with Crippen LogP contribution in [0.3, 0.4) is 0 Å². The maximum absolute atomic E-state index is 14.1. The number of carbonyl (C=O) groups excluding carboxylic acids is 2. The summed E-state index contributed by atoms with van der Waals surface area (Å²) < 4.78 is 34.4. The van der Waals surface area contributed by atoms with E-state index < -0.39 is 30.8 Å². The van der Waals surface area contributed by atoms with Gasteiger partial charge in [0.05, 0.1) is 31.9 Å². The Kier molecular flexibility index (Phi) is 7.74. The molecule has 2 heterocycles. The van der Waals surface area contributed by atoms with Crippen molar-refractivity contribution in [3.63, 3.8) is 0 Å². The Balaban J connectivity index is 1.56. The van der Waals surface area contributed by atoms with Crippen LogP contribution in [0.15, 0.2) is 6.20 Å². The van der Waals surface area contributed by atoms with Crippen molar-refractivity contribution >= 4 is 11.8 Å². The molecule has 2 amide bonds. The third-order valence-electron chi connectivity index (χ3n) is 5.95. The van der Waals surface area contributed by atoms with E-state index in [0.717, 1.165) is 19.3 Å². The van der Waals surface area contributed by atoms with Crippen molar-refractivity contribution in [1.82, 2.24) is 25.2 Å². The zero-order valence-corrected chi connectivity index (χ0v) is 17.5. The van der Waals surface area contributed by atoms with Crippen LogP contribution in [0.1, 0.15) is 61.9 Å². The van der Waals surface area contributed by atoms with Crippen LogP contribution in [-0.4, -0.2) is 70.5 Å². The molecule has 0 bridgehead atoms. The SMILES string of the molecule is COCCNC(=O)c1cn(C[C@@H]2CC(F)(F)CN2C(=O)CCC2CCCCC2)nn1. The van der Waals surface area contributed by atoms with Crippen molar-refractivity contribution in [2.45, 2.75) is 69.9 Å². The number of nitrogens with zero attached hydrogens (tertiary/aromatic N) is 4. The maximum Gasteiger partial charge on any atom is 0.273 e. The molecule has 1 aliphatic heterocycles. The Morgan fingerprint density at radius 1 is 1.30 bits per heavy atom. The van der Waals surface area contributed by atoms with E-state index in [1.807, 2.05) is 0 Å². The summed E-state index contributed by atoms with van der Waals surface area (Å²) in [5.41, 5.74) is 0.103. The fraction of sp³-hybridized carbons (Fsp3) is 0.800. The fourth-order valence-electron chi connectivity index (χ4n) is 4.36. The lowest BCUT2D eigenvalue weighted by atomic mass is 9.86. The van der Waals surface area contributed by atoms with Gasteiger partial charge >= 0.3 is 0 Å². The second kappa shape index (κ2) is 10.3. The number of hydrogen-bond donors (Lipinski definition) is 1. The number of rotatable bonds is 9. The van der Waals surface area contributed by atoms with Gasteiger partial charge in [0.25, 0.3) is 11.8 Å². The largest absolute Gasteiger partial charge is 0.383 e. The van der Waals surface area contributed by atoms with Gasteiger partial charge in [-0.05, 0) is 12.3 Å². The van der Waals surface area contributed by atoms with Gasteiger partial charge in [-0.2, -0.15) is 0 Å². The average Bonchev–Trinajstić information content (AvgIpc) is 3.31. The summed E-state index contributed by atoms with van der Waals surface area (Å²) in [6.07, 6.45) is 7.97. The number of nitrogens with one attached hydrogen (secondary N) is 1. The summed E-state index contributed by atoms with van der Waals surface area (Å²) in [7, 11) is 1.53. The molecule has 1 saturated heterocycles. The molecule has 0 unspecified atom stereocenters. The highest BCUT2D eigenvalue weighted by Gasteiger charge is 2.47. The maximum atomic E-state index is 14.1. The first-order chi connectivity index (χ1) is 14.4. The molecule has 168 valence electrons. The van der Waals surface area contributed by atoms with Gasteiger partial charge in [0.2, 0.25) is 5.91 Å². The summed E-state index contributed by atoms with van der Waals surface area (Å²) >= 11 is 0. The topological polar surface area (TPSA) is 89.4 Å². The third-order valence-corrected chi connectivity index (χ3v) is 5.95. The first-order valence-corrected chi connectivity index (χ1v) is 10.7. The predicted molar refractivity (Wildman–Crippen MR) is 105 cm³/mol. The molecule has 1 aromatic heterocycles. The molecule has 1 atom stereocenters. The van der Waals surface area contributed by atoms with Crippen molar-refractivity contribution in [2.75, 3.05) is 26.8 Å². The molecule has 0 aromatic carbocycles. The smallest absolute Gasteiger partial charge is 0.273 e. The predicted octanol–water partition coefficient (Wildman–Crippen LogP) is 2.25. The highest BCUT2D eigenvalue weighted by molar-refractivity contribution is 5.91. The minimum atomic E-state index is -2.91. The Labute approximate surface area is 175 Å². The van der Waals surface area contributed by atoms with Gasteiger partial charge in [-0.1, -0.05) is 37.3 Å². The van der Waals surface area contributed by atoms with Crippen LogP contribution < -0.4 is 5.32 Å². The van der Waals surface area contributed by atoms with Crippen LogP contribution in [0.2, 0.25) is 0 Å². The van der Waals surface area contributed by atoms with Crippen molar-refractivity contribution < 1.29 is 23.1 Å². The normalized spacial score (nSPS) is 21.7. The molecule has 8 nitrogen and oxygen atoms in total. The number of aromatic nitrogens is 3. The minimum Gasteiger partial charge on any atom is -0.383 e. The molecule has 1 aromatic rings. The number of carbonyl (C=O) groups is 2. The number of alkyl halides is 2. The molecule has 1 N–H and O–H groups in total. The van der Waals surface area contributed by atoms with Gasteiger partial charge < -0.3 is 15.0 Å². The highest BCUT2D eigenvalue weighted by atomic mass is 19.3. The molecule has 30 heavy (non-hydrogen) atoms. The third kappa shape index (κ3) is 6.20. The number of halogens is 2. The zero-order chi connectivity index (χ0) is 21.6. The van der Waals surface area contributed by atoms with Gasteiger partial charge in [-0.25, -0.2) is 13.5 Å². The summed E-state index contributed by atoms with van der Waals surface area (Å²) in [5.74, 6) is -3.01. The highest BCUT2D eigenvalue weighted by Crippen LogP contribution is 2.34. The minimum absolute atomic E-state index is 0.0864. The van der Waals surface area contributed by atoms with Crippen molar-refractivity contribution in [3.8, 4) is 0 Å². The van der Waals surface area contributed by atoms with E-state index in [2.05, 4.69) is 15.6 Å². The summed E-state index contributed by atoms with van der Waals surface area (Å²) in [6, 6.07) is -0.662. The Morgan fingerprint density at radius 2 is 2.07 bits per heavy atom. The monoisotopic (exact) mass is 427 g/mol. The summed E-state index contributed by atoms with van der Waals surface area (Å²) in [4.78, 5) is 26.0. The summed E-state index contributed by atoms with van der Waals surface area (Å²) in [6.45, 7) is 0.235. The Bertz CT molecular complexity index is 721. The lowest BCUT2D eigenvalue weighted by Crippen LogP contribution is -2.39. The van der Waals surface area contributed by atoms with Crippen molar-refractivity contribution in [1.29, 1.82) is 0 Å². The first kappa shape index (κ1) is 22.6. The summed E-state index contributed by atoms with van der Waals surface area (Å²) in [5, 5.41) is 10.3. The van der Waals surface area contributed by atoms with Gasteiger partial charge in [0, 0.05) is 26.5 Å². The molecular weight excluding hydrogens is 396 g/mol. The van der Waals surface area contributed by atoms with Crippen LogP contribution in [0.5, 0.6) is 0 Å². The number of hydrogen-bond acceptors (Lipinski definition) is 5. The Hall–Kier alpha value is -2.10. The molecule has 3 rings (SSSR count). The molecular formula is C20H31F2N5O3. The lowest BCUT2D eigenvalue weighted by Gasteiger charge is -2.26.